The number of fused-ring (bicyclic) bond motifs is 1. The van der Waals surface area contributed by atoms with Gasteiger partial charge in [-0.3, -0.25) is 4.79 Å². The van der Waals surface area contributed by atoms with Crippen LogP contribution in [0, 0.1) is 0 Å². The first-order valence-corrected chi connectivity index (χ1v) is 8.56. The molecule has 122 valence electrons. The molecule has 0 radical (unpaired) electrons. The number of carbonyl (C=O) groups is 2. The fourth-order valence-electron chi connectivity index (χ4n) is 2.49. The Hall–Kier alpha value is -1.40. The third-order valence-electron chi connectivity index (χ3n) is 3.66. The number of amides is 1. The number of rotatable bonds is 6. The van der Waals surface area contributed by atoms with Crippen molar-refractivity contribution >= 4 is 23.2 Å². The standard InChI is InChI=1S/C16H23NO4S/c1-20-9-8-17-15(18)11-21-16(19)14-10-12-6-4-2-3-5-7-13(12)22-14/h10H,2-9,11H2,1H3,(H,17,18). The molecule has 6 heteroatoms. The van der Waals surface area contributed by atoms with Crippen LogP contribution >= 0.6 is 11.3 Å². The van der Waals surface area contributed by atoms with Crippen LogP contribution in [-0.4, -0.2) is 38.7 Å². The maximum atomic E-state index is 12.1. The molecule has 0 saturated heterocycles. The van der Waals surface area contributed by atoms with Gasteiger partial charge in [-0.2, -0.15) is 0 Å². The van der Waals surface area contributed by atoms with Crippen molar-refractivity contribution in [2.45, 2.75) is 38.5 Å². The molecule has 1 amide bonds. The van der Waals surface area contributed by atoms with Gasteiger partial charge in [0.2, 0.25) is 0 Å². The second-order valence-electron chi connectivity index (χ2n) is 5.39. The lowest BCUT2D eigenvalue weighted by Crippen LogP contribution is -2.31. The van der Waals surface area contributed by atoms with Crippen molar-refractivity contribution in [3.63, 3.8) is 0 Å². The van der Waals surface area contributed by atoms with Gasteiger partial charge in [-0.05, 0) is 37.3 Å². The van der Waals surface area contributed by atoms with Crippen molar-refractivity contribution in [2.24, 2.45) is 0 Å². The van der Waals surface area contributed by atoms with Crippen LogP contribution in [0.3, 0.4) is 0 Å². The van der Waals surface area contributed by atoms with Gasteiger partial charge in [0.05, 0.1) is 6.61 Å². The van der Waals surface area contributed by atoms with E-state index in [1.165, 1.54) is 47.5 Å². The van der Waals surface area contributed by atoms with Crippen molar-refractivity contribution in [1.29, 1.82) is 0 Å². The van der Waals surface area contributed by atoms with Gasteiger partial charge in [-0.25, -0.2) is 4.79 Å². The Morgan fingerprint density at radius 1 is 1.23 bits per heavy atom. The van der Waals surface area contributed by atoms with E-state index >= 15 is 0 Å². The number of aryl methyl sites for hydroxylation is 2. The van der Waals surface area contributed by atoms with Crippen molar-refractivity contribution in [1.82, 2.24) is 5.32 Å². The molecule has 0 atom stereocenters. The van der Waals surface area contributed by atoms with Gasteiger partial charge in [0.25, 0.3) is 5.91 Å². The quantitative estimate of drug-likeness (QED) is 0.644. The van der Waals surface area contributed by atoms with Crippen LogP contribution < -0.4 is 5.32 Å². The summed E-state index contributed by atoms with van der Waals surface area (Å²) in [6, 6.07) is 1.94. The highest BCUT2D eigenvalue weighted by Crippen LogP contribution is 2.28. The Morgan fingerprint density at radius 2 is 2.00 bits per heavy atom. The first kappa shape index (κ1) is 17.0. The zero-order valence-electron chi connectivity index (χ0n) is 13.0. The Kier molecular flexibility index (Phi) is 6.86. The topological polar surface area (TPSA) is 64.6 Å². The predicted octanol–water partition coefficient (Wildman–Crippen LogP) is 2.33. The van der Waals surface area contributed by atoms with Crippen LogP contribution in [0.4, 0.5) is 0 Å². The first-order chi connectivity index (χ1) is 10.7. The summed E-state index contributed by atoms with van der Waals surface area (Å²) in [7, 11) is 1.56. The molecule has 1 N–H and O–H groups in total. The average molecular weight is 325 g/mol. The number of methoxy groups -OCH3 is 1. The lowest BCUT2D eigenvalue weighted by molar-refractivity contribution is -0.124. The number of carbonyl (C=O) groups excluding carboxylic acids is 2. The van der Waals surface area contributed by atoms with Crippen molar-refractivity contribution in [3.05, 3.63) is 21.4 Å². The molecule has 0 saturated carbocycles. The summed E-state index contributed by atoms with van der Waals surface area (Å²) >= 11 is 1.51. The summed E-state index contributed by atoms with van der Waals surface area (Å²) in [5, 5.41) is 2.62. The smallest absolute Gasteiger partial charge is 0.348 e. The number of ether oxygens (including phenoxy) is 2. The van der Waals surface area contributed by atoms with E-state index in [0.29, 0.717) is 18.0 Å². The van der Waals surface area contributed by atoms with Crippen LogP contribution in [0.5, 0.6) is 0 Å². The first-order valence-electron chi connectivity index (χ1n) is 7.75. The maximum absolute atomic E-state index is 12.1. The summed E-state index contributed by atoms with van der Waals surface area (Å²) in [6.45, 7) is 0.614. The van der Waals surface area contributed by atoms with Crippen LogP contribution in [0.1, 0.15) is 45.8 Å². The fourth-order valence-corrected chi connectivity index (χ4v) is 3.64. The number of esters is 1. The summed E-state index contributed by atoms with van der Waals surface area (Å²) in [6.07, 6.45) is 6.97. The summed E-state index contributed by atoms with van der Waals surface area (Å²) in [4.78, 5) is 25.5. The third kappa shape index (κ3) is 5.10. The van der Waals surface area contributed by atoms with Crippen LogP contribution in [-0.2, 0) is 27.1 Å². The molecule has 5 nitrogen and oxygen atoms in total. The van der Waals surface area contributed by atoms with Gasteiger partial charge >= 0.3 is 5.97 Å². The van der Waals surface area contributed by atoms with Gasteiger partial charge in [0.15, 0.2) is 6.61 Å². The van der Waals surface area contributed by atoms with E-state index in [1.807, 2.05) is 6.07 Å². The third-order valence-corrected chi connectivity index (χ3v) is 4.88. The highest BCUT2D eigenvalue weighted by Gasteiger charge is 2.17. The molecule has 0 spiro atoms. The maximum Gasteiger partial charge on any atom is 0.348 e. The molecule has 1 aromatic rings. The molecule has 1 aromatic heterocycles. The highest BCUT2D eigenvalue weighted by atomic mass is 32.1. The molecule has 1 aliphatic rings. The van der Waals surface area contributed by atoms with E-state index in [1.54, 1.807) is 7.11 Å². The molecule has 1 aliphatic carbocycles. The minimum absolute atomic E-state index is 0.245. The number of nitrogens with one attached hydrogen (secondary N) is 1. The largest absolute Gasteiger partial charge is 0.451 e. The molecule has 22 heavy (non-hydrogen) atoms. The van der Waals surface area contributed by atoms with E-state index in [9.17, 15) is 9.59 Å². The minimum atomic E-state index is -0.404. The Labute approximate surface area is 135 Å². The zero-order chi connectivity index (χ0) is 15.8. The lowest BCUT2D eigenvalue weighted by Gasteiger charge is -2.07. The van der Waals surface area contributed by atoms with Gasteiger partial charge in [-0.15, -0.1) is 11.3 Å². The molecule has 2 rings (SSSR count). The highest BCUT2D eigenvalue weighted by molar-refractivity contribution is 7.14. The number of hydrogen-bond donors (Lipinski definition) is 1. The average Bonchev–Trinajstić information content (AvgIpc) is 2.87. The van der Waals surface area contributed by atoms with E-state index in [-0.39, 0.29) is 12.5 Å². The predicted molar refractivity (Wildman–Crippen MR) is 85.4 cm³/mol. The van der Waals surface area contributed by atoms with Crippen LogP contribution in [0.15, 0.2) is 6.07 Å². The van der Waals surface area contributed by atoms with E-state index < -0.39 is 5.97 Å². The normalized spacial score (nSPS) is 14.6. The Morgan fingerprint density at radius 3 is 2.77 bits per heavy atom. The molecule has 0 aromatic carbocycles. The van der Waals surface area contributed by atoms with Gasteiger partial charge in [0.1, 0.15) is 4.88 Å². The van der Waals surface area contributed by atoms with Crippen LogP contribution in [0.25, 0.3) is 0 Å². The molecule has 0 aliphatic heterocycles. The lowest BCUT2D eigenvalue weighted by atomic mass is 10.00. The molecular weight excluding hydrogens is 302 g/mol. The summed E-state index contributed by atoms with van der Waals surface area (Å²) in [5.41, 5.74) is 1.28. The zero-order valence-corrected chi connectivity index (χ0v) is 13.8. The van der Waals surface area contributed by atoms with Gasteiger partial charge in [-0.1, -0.05) is 12.8 Å². The van der Waals surface area contributed by atoms with Gasteiger partial charge in [0, 0.05) is 18.5 Å². The Bertz CT molecular complexity index is 487. The molecular formula is C16H23NO4S. The molecule has 0 fully saturated rings. The SMILES string of the molecule is COCCNC(=O)COC(=O)c1cc2c(s1)CCCCCC2. The van der Waals surface area contributed by atoms with Crippen molar-refractivity contribution < 1.29 is 19.1 Å². The van der Waals surface area contributed by atoms with Crippen molar-refractivity contribution in [2.75, 3.05) is 26.9 Å². The molecule has 0 bridgehead atoms. The molecule has 0 unspecified atom stereocenters. The second-order valence-corrected chi connectivity index (χ2v) is 6.53. The van der Waals surface area contributed by atoms with Crippen LogP contribution in [0.2, 0.25) is 0 Å². The monoisotopic (exact) mass is 325 g/mol. The second kappa shape index (κ2) is 8.90. The van der Waals surface area contributed by atoms with Gasteiger partial charge < -0.3 is 14.8 Å². The summed E-state index contributed by atoms with van der Waals surface area (Å²) < 4.78 is 9.91. The minimum Gasteiger partial charge on any atom is -0.451 e. The Balaban J connectivity index is 1.84. The number of thiophene rings is 1. The number of hydrogen-bond acceptors (Lipinski definition) is 5. The van der Waals surface area contributed by atoms with E-state index in [2.05, 4.69) is 5.32 Å². The van der Waals surface area contributed by atoms with E-state index in [4.69, 9.17) is 9.47 Å². The van der Waals surface area contributed by atoms with E-state index in [0.717, 1.165) is 12.8 Å². The molecule has 1 heterocycles. The fraction of sp³-hybridized carbons (Fsp3) is 0.625. The summed E-state index contributed by atoms with van der Waals surface area (Å²) in [5.74, 6) is -0.709. The van der Waals surface area contributed by atoms with Crippen molar-refractivity contribution in [3.8, 4) is 0 Å².